The maximum absolute atomic E-state index is 12.9. The number of thioether (sulfide) groups is 1. The highest BCUT2D eigenvalue weighted by molar-refractivity contribution is 8.15. The van der Waals surface area contributed by atoms with Crippen molar-refractivity contribution in [3.05, 3.63) is 28.8 Å². The van der Waals surface area contributed by atoms with E-state index in [-0.39, 0.29) is 12.1 Å². The Hall–Kier alpha value is -1.74. The van der Waals surface area contributed by atoms with Gasteiger partial charge in [-0.1, -0.05) is 23.4 Å². The van der Waals surface area contributed by atoms with Gasteiger partial charge in [0.15, 0.2) is 5.17 Å². The summed E-state index contributed by atoms with van der Waals surface area (Å²) in [6.07, 6.45) is -4.80. The van der Waals surface area contributed by atoms with Crippen LogP contribution in [-0.4, -0.2) is 40.2 Å². The van der Waals surface area contributed by atoms with Crippen molar-refractivity contribution in [3.8, 4) is 0 Å². The van der Waals surface area contributed by atoms with Gasteiger partial charge in [-0.25, -0.2) is 0 Å². The zero-order chi connectivity index (χ0) is 19.5. The van der Waals surface area contributed by atoms with Gasteiger partial charge >= 0.3 is 6.18 Å². The lowest BCUT2D eigenvalue weighted by Gasteiger charge is -2.19. The van der Waals surface area contributed by atoms with Gasteiger partial charge in [-0.3, -0.25) is 9.59 Å². The van der Waals surface area contributed by atoms with E-state index in [1.165, 1.54) is 17.8 Å². The van der Waals surface area contributed by atoms with Crippen LogP contribution in [-0.2, 0) is 15.8 Å². The molecule has 0 saturated heterocycles. The maximum atomic E-state index is 12.9. The predicted octanol–water partition coefficient (Wildman–Crippen LogP) is 4.03. The first kappa shape index (κ1) is 20.6. The maximum Gasteiger partial charge on any atom is 0.417 e. The average molecular weight is 408 g/mol. The first-order valence-corrected chi connectivity index (χ1v) is 9.12. The number of hydrogen-bond acceptors (Lipinski definition) is 4. The second kappa shape index (κ2) is 8.30. The van der Waals surface area contributed by atoms with E-state index in [4.69, 9.17) is 11.6 Å². The monoisotopic (exact) mass is 407 g/mol. The van der Waals surface area contributed by atoms with E-state index in [2.05, 4.69) is 10.3 Å². The third kappa shape index (κ3) is 4.91. The number of hydrogen-bond donors (Lipinski definition) is 1. The van der Waals surface area contributed by atoms with Crippen LogP contribution in [0.25, 0.3) is 0 Å². The average Bonchev–Trinajstić information content (AvgIpc) is 2.90. The topological polar surface area (TPSA) is 61.8 Å². The lowest BCUT2D eigenvalue weighted by atomic mass is 10.2. The van der Waals surface area contributed by atoms with Crippen LogP contribution in [0.5, 0.6) is 0 Å². The Morgan fingerprint density at radius 1 is 1.35 bits per heavy atom. The smallest absolute Gasteiger partial charge is 0.352 e. The summed E-state index contributed by atoms with van der Waals surface area (Å²) < 4.78 is 38.6. The molecule has 1 aliphatic rings. The second-order valence-corrected chi connectivity index (χ2v) is 7.03. The van der Waals surface area contributed by atoms with E-state index in [0.29, 0.717) is 18.3 Å². The van der Waals surface area contributed by atoms with Crippen LogP contribution in [0.1, 0.15) is 25.8 Å². The zero-order valence-electron chi connectivity index (χ0n) is 14.1. The fourth-order valence-electron chi connectivity index (χ4n) is 2.34. The van der Waals surface area contributed by atoms with Crippen molar-refractivity contribution >= 4 is 46.0 Å². The van der Waals surface area contributed by atoms with E-state index < -0.39 is 33.8 Å². The third-order valence-electron chi connectivity index (χ3n) is 3.69. The molecule has 0 aromatic heterocycles. The highest BCUT2D eigenvalue weighted by atomic mass is 35.5. The van der Waals surface area contributed by atoms with Crippen LogP contribution in [0.3, 0.4) is 0 Å². The molecule has 1 N–H and O–H groups in total. The van der Waals surface area contributed by atoms with Gasteiger partial charge in [-0.05, 0) is 32.0 Å². The van der Waals surface area contributed by atoms with Crippen LogP contribution in [0.15, 0.2) is 23.2 Å². The van der Waals surface area contributed by atoms with Crippen molar-refractivity contribution < 1.29 is 22.8 Å². The first-order valence-electron chi connectivity index (χ1n) is 7.86. The number of rotatable bonds is 5. The Morgan fingerprint density at radius 3 is 2.58 bits per heavy atom. The van der Waals surface area contributed by atoms with Gasteiger partial charge in [0.25, 0.3) is 5.91 Å². The Kier molecular flexibility index (Phi) is 6.57. The van der Waals surface area contributed by atoms with Gasteiger partial charge in [0, 0.05) is 25.2 Å². The summed E-state index contributed by atoms with van der Waals surface area (Å²) in [5.74, 6) is -0.985. The van der Waals surface area contributed by atoms with E-state index in [1.807, 2.05) is 18.7 Å². The van der Waals surface area contributed by atoms with Gasteiger partial charge in [0.1, 0.15) is 5.25 Å². The number of anilines is 1. The number of aliphatic imine (C=N–C) groups is 1. The number of nitrogens with zero attached hydrogens (tertiary/aromatic N) is 2. The zero-order valence-corrected chi connectivity index (χ0v) is 15.6. The molecule has 0 fully saturated rings. The molecule has 1 heterocycles. The van der Waals surface area contributed by atoms with Crippen LogP contribution in [0.4, 0.5) is 18.9 Å². The molecular formula is C16H17ClF3N3O2S. The molecule has 1 aliphatic heterocycles. The molecule has 0 bridgehead atoms. The molecule has 1 aromatic carbocycles. The number of amidine groups is 1. The molecule has 2 amide bonds. The van der Waals surface area contributed by atoms with E-state index in [0.717, 1.165) is 12.1 Å². The minimum absolute atomic E-state index is 0.0351. The molecule has 10 heteroatoms. The Balaban J connectivity index is 2.01. The highest BCUT2D eigenvalue weighted by Gasteiger charge is 2.34. The highest BCUT2D eigenvalue weighted by Crippen LogP contribution is 2.36. The van der Waals surface area contributed by atoms with E-state index >= 15 is 0 Å². The van der Waals surface area contributed by atoms with E-state index in [1.54, 1.807) is 0 Å². The molecule has 2 rings (SSSR count). The van der Waals surface area contributed by atoms with Gasteiger partial charge < -0.3 is 10.2 Å². The van der Waals surface area contributed by atoms with Crippen LogP contribution in [0.2, 0.25) is 5.02 Å². The number of carbonyl (C=O) groups is 2. The first-order chi connectivity index (χ1) is 12.2. The van der Waals surface area contributed by atoms with Crippen LogP contribution >= 0.6 is 23.4 Å². The molecule has 0 saturated carbocycles. The number of benzene rings is 1. The SMILES string of the molecule is CCN(CC)C1=NC(=O)C(CC(=O)Nc2ccc(Cl)c(C(F)(F)F)c2)S1. The molecule has 0 aliphatic carbocycles. The molecule has 0 spiro atoms. The minimum Gasteiger partial charge on any atom is -0.352 e. The third-order valence-corrected chi connectivity index (χ3v) is 5.23. The number of carbonyl (C=O) groups excluding carboxylic acids is 2. The lowest BCUT2D eigenvalue weighted by molar-refractivity contribution is -0.137. The summed E-state index contributed by atoms with van der Waals surface area (Å²) in [6.45, 7) is 5.21. The van der Waals surface area contributed by atoms with Crippen LogP contribution < -0.4 is 5.32 Å². The molecule has 5 nitrogen and oxygen atoms in total. The summed E-state index contributed by atoms with van der Waals surface area (Å²) in [5, 5.41) is 1.80. The molecule has 26 heavy (non-hydrogen) atoms. The van der Waals surface area contributed by atoms with Crippen molar-refractivity contribution in [2.24, 2.45) is 4.99 Å². The van der Waals surface area contributed by atoms with Crippen molar-refractivity contribution in [1.29, 1.82) is 0 Å². The summed E-state index contributed by atoms with van der Waals surface area (Å²) in [4.78, 5) is 29.9. The van der Waals surface area contributed by atoms with Crippen molar-refractivity contribution in [3.63, 3.8) is 0 Å². The number of alkyl halides is 3. The molecule has 0 radical (unpaired) electrons. The Bertz CT molecular complexity index is 736. The van der Waals surface area contributed by atoms with Crippen molar-refractivity contribution in [2.75, 3.05) is 18.4 Å². The van der Waals surface area contributed by atoms with Gasteiger partial charge in [0.2, 0.25) is 5.91 Å². The van der Waals surface area contributed by atoms with Crippen molar-refractivity contribution in [1.82, 2.24) is 4.90 Å². The standard InChI is InChI=1S/C16H17ClF3N3O2S/c1-3-23(4-2)15-22-14(25)12(26-15)8-13(24)21-9-5-6-11(17)10(7-9)16(18,19)20/h5-7,12H,3-4,8H2,1-2H3,(H,21,24). The minimum atomic E-state index is -4.62. The molecule has 1 atom stereocenters. The Morgan fingerprint density at radius 2 is 2.00 bits per heavy atom. The predicted molar refractivity (Wildman–Crippen MR) is 96.4 cm³/mol. The number of nitrogens with one attached hydrogen (secondary N) is 1. The summed E-state index contributed by atoms with van der Waals surface area (Å²) in [7, 11) is 0. The number of halogens is 4. The largest absolute Gasteiger partial charge is 0.417 e. The summed E-state index contributed by atoms with van der Waals surface area (Å²) in [6, 6.07) is 3.11. The molecule has 142 valence electrons. The summed E-state index contributed by atoms with van der Waals surface area (Å²) >= 11 is 6.74. The van der Waals surface area contributed by atoms with Crippen LogP contribution in [0, 0.1) is 0 Å². The van der Waals surface area contributed by atoms with Gasteiger partial charge in [0.05, 0.1) is 10.6 Å². The number of amides is 2. The van der Waals surface area contributed by atoms with Crippen molar-refractivity contribution in [2.45, 2.75) is 31.7 Å². The van der Waals surface area contributed by atoms with Gasteiger partial charge in [-0.2, -0.15) is 18.2 Å². The molecule has 1 aromatic rings. The van der Waals surface area contributed by atoms with E-state index in [9.17, 15) is 22.8 Å². The molecular weight excluding hydrogens is 391 g/mol. The summed E-state index contributed by atoms with van der Waals surface area (Å²) in [5.41, 5.74) is -1.07. The second-order valence-electron chi connectivity index (χ2n) is 5.46. The lowest BCUT2D eigenvalue weighted by Crippen LogP contribution is -2.27. The fourth-order valence-corrected chi connectivity index (χ4v) is 3.76. The normalized spacial score (nSPS) is 17.2. The molecule has 1 unspecified atom stereocenters. The fraction of sp³-hybridized carbons (Fsp3) is 0.438. The van der Waals surface area contributed by atoms with Gasteiger partial charge in [-0.15, -0.1) is 0 Å². The Labute approximate surface area is 158 Å². The quantitative estimate of drug-likeness (QED) is 0.800.